The van der Waals surface area contributed by atoms with Crippen molar-refractivity contribution in [2.45, 2.75) is 11.8 Å². The minimum atomic E-state index is -0.767. The van der Waals surface area contributed by atoms with Gasteiger partial charge in [-0.25, -0.2) is 0 Å². The number of rotatable bonds is 3. The van der Waals surface area contributed by atoms with Crippen LogP contribution in [0.2, 0.25) is 0 Å². The number of ether oxygens (including phenoxy) is 1. The van der Waals surface area contributed by atoms with Crippen LogP contribution in [-0.2, 0) is 14.9 Å². The normalized spacial score (nSPS) is 18.6. The molecule has 1 aliphatic heterocycles. The van der Waals surface area contributed by atoms with Crippen molar-refractivity contribution in [3.05, 3.63) is 35.9 Å². The topological polar surface area (TPSA) is 46.5 Å². The summed E-state index contributed by atoms with van der Waals surface area (Å²) in [6.45, 7) is 1.03. The van der Waals surface area contributed by atoms with Gasteiger partial charge in [-0.3, -0.25) is 4.79 Å². The number of carboxylic acids is 1. The highest BCUT2D eigenvalue weighted by atomic mass is 16.5. The summed E-state index contributed by atoms with van der Waals surface area (Å²) in [5.41, 5.74) is 0.779. The summed E-state index contributed by atoms with van der Waals surface area (Å²) < 4.78 is 5.13. The van der Waals surface area contributed by atoms with Crippen LogP contribution in [0.1, 0.15) is 12.0 Å². The number of carboxylic acid groups (broad SMARTS) is 1. The molecule has 0 atom stereocenters. The van der Waals surface area contributed by atoms with Crippen LogP contribution in [0.4, 0.5) is 0 Å². The number of aliphatic carboxylic acids is 1. The minimum Gasteiger partial charge on any atom is -0.481 e. The van der Waals surface area contributed by atoms with Gasteiger partial charge in [0.15, 0.2) is 0 Å². The number of hydrogen-bond acceptors (Lipinski definition) is 2. The summed E-state index contributed by atoms with van der Waals surface area (Å²) in [6, 6.07) is 9.71. The third kappa shape index (κ3) is 1.51. The SMILES string of the molecule is O=C(O)CC1(c2ccccc2)COC1. The molecule has 14 heavy (non-hydrogen) atoms. The Morgan fingerprint density at radius 3 is 2.43 bits per heavy atom. The molecule has 1 saturated heterocycles. The average molecular weight is 192 g/mol. The Labute approximate surface area is 82.3 Å². The van der Waals surface area contributed by atoms with E-state index < -0.39 is 5.97 Å². The van der Waals surface area contributed by atoms with Crippen LogP contribution >= 0.6 is 0 Å². The fourth-order valence-electron chi connectivity index (χ4n) is 1.80. The van der Waals surface area contributed by atoms with Crippen molar-refractivity contribution in [3.63, 3.8) is 0 Å². The van der Waals surface area contributed by atoms with Crippen molar-refractivity contribution in [2.24, 2.45) is 0 Å². The third-order valence-electron chi connectivity index (χ3n) is 2.63. The second-order valence-electron chi connectivity index (χ2n) is 3.71. The maximum Gasteiger partial charge on any atom is 0.304 e. The van der Waals surface area contributed by atoms with Gasteiger partial charge in [-0.2, -0.15) is 0 Å². The zero-order valence-corrected chi connectivity index (χ0v) is 7.77. The summed E-state index contributed by atoms with van der Waals surface area (Å²) in [6.07, 6.45) is 0.150. The highest BCUT2D eigenvalue weighted by Gasteiger charge is 2.42. The molecule has 0 bridgehead atoms. The van der Waals surface area contributed by atoms with E-state index in [-0.39, 0.29) is 11.8 Å². The second kappa shape index (κ2) is 3.42. The van der Waals surface area contributed by atoms with Gasteiger partial charge in [0.2, 0.25) is 0 Å². The summed E-state index contributed by atoms with van der Waals surface area (Å²) in [5.74, 6) is -0.767. The summed E-state index contributed by atoms with van der Waals surface area (Å²) in [7, 11) is 0. The molecule has 1 heterocycles. The van der Waals surface area contributed by atoms with Crippen molar-refractivity contribution in [3.8, 4) is 0 Å². The molecule has 3 nitrogen and oxygen atoms in total. The zero-order chi connectivity index (χ0) is 10.0. The quantitative estimate of drug-likeness (QED) is 0.788. The van der Waals surface area contributed by atoms with Crippen LogP contribution in [0.15, 0.2) is 30.3 Å². The van der Waals surface area contributed by atoms with Crippen molar-refractivity contribution in [2.75, 3.05) is 13.2 Å². The molecule has 0 radical (unpaired) electrons. The Kier molecular flexibility index (Phi) is 2.25. The molecule has 0 aliphatic carbocycles. The molecule has 74 valence electrons. The molecule has 0 spiro atoms. The van der Waals surface area contributed by atoms with Gasteiger partial charge in [-0.05, 0) is 5.56 Å². The smallest absolute Gasteiger partial charge is 0.304 e. The van der Waals surface area contributed by atoms with E-state index in [1.54, 1.807) is 0 Å². The van der Waals surface area contributed by atoms with Crippen LogP contribution in [0, 0.1) is 0 Å². The van der Waals surface area contributed by atoms with Crippen molar-refractivity contribution < 1.29 is 14.6 Å². The maximum absolute atomic E-state index is 10.7. The molecule has 0 amide bonds. The predicted octanol–water partition coefficient (Wildman–Crippen LogP) is 1.43. The largest absolute Gasteiger partial charge is 0.481 e. The van der Waals surface area contributed by atoms with Gasteiger partial charge >= 0.3 is 5.97 Å². The van der Waals surface area contributed by atoms with Crippen LogP contribution in [-0.4, -0.2) is 24.3 Å². The number of benzene rings is 1. The van der Waals surface area contributed by atoms with E-state index in [2.05, 4.69) is 0 Å². The van der Waals surface area contributed by atoms with Gasteiger partial charge in [0.1, 0.15) is 0 Å². The van der Waals surface area contributed by atoms with Crippen molar-refractivity contribution >= 4 is 5.97 Å². The van der Waals surface area contributed by atoms with Crippen molar-refractivity contribution in [1.82, 2.24) is 0 Å². The molecular weight excluding hydrogens is 180 g/mol. The van der Waals surface area contributed by atoms with Crippen LogP contribution in [0.5, 0.6) is 0 Å². The summed E-state index contributed by atoms with van der Waals surface area (Å²) in [5, 5.41) is 8.82. The standard InChI is InChI=1S/C11H12O3/c12-10(13)6-11(7-14-8-11)9-4-2-1-3-5-9/h1-5H,6-8H2,(H,12,13). The van der Waals surface area contributed by atoms with Crippen LogP contribution < -0.4 is 0 Å². The molecule has 1 aromatic carbocycles. The van der Waals surface area contributed by atoms with Gasteiger partial charge in [0.05, 0.1) is 25.0 Å². The van der Waals surface area contributed by atoms with Crippen LogP contribution in [0.25, 0.3) is 0 Å². The third-order valence-corrected chi connectivity index (χ3v) is 2.63. The molecule has 1 aromatic rings. The Morgan fingerprint density at radius 1 is 1.36 bits per heavy atom. The highest BCUT2D eigenvalue weighted by molar-refractivity contribution is 5.69. The fourth-order valence-corrected chi connectivity index (χ4v) is 1.80. The lowest BCUT2D eigenvalue weighted by atomic mass is 9.76. The molecule has 1 N–H and O–H groups in total. The van der Waals surface area contributed by atoms with Gasteiger partial charge < -0.3 is 9.84 Å². The average Bonchev–Trinajstić information content (AvgIpc) is 2.12. The van der Waals surface area contributed by atoms with E-state index in [0.29, 0.717) is 13.2 Å². The Bertz CT molecular complexity index is 328. The fraction of sp³-hybridized carbons (Fsp3) is 0.364. The van der Waals surface area contributed by atoms with E-state index in [9.17, 15) is 4.79 Å². The molecule has 1 fully saturated rings. The first kappa shape index (κ1) is 9.21. The van der Waals surface area contributed by atoms with Gasteiger partial charge in [-0.15, -0.1) is 0 Å². The van der Waals surface area contributed by atoms with E-state index in [1.165, 1.54) is 0 Å². The lowest BCUT2D eigenvalue weighted by Gasteiger charge is -2.40. The Morgan fingerprint density at radius 2 is 2.00 bits per heavy atom. The molecule has 1 aliphatic rings. The summed E-state index contributed by atoms with van der Waals surface area (Å²) in [4.78, 5) is 10.7. The van der Waals surface area contributed by atoms with Gasteiger partial charge in [-0.1, -0.05) is 30.3 Å². The molecule has 0 unspecified atom stereocenters. The Hall–Kier alpha value is -1.35. The molecular formula is C11H12O3. The van der Waals surface area contributed by atoms with E-state index in [4.69, 9.17) is 9.84 Å². The highest BCUT2D eigenvalue weighted by Crippen LogP contribution is 2.35. The maximum atomic E-state index is 10.7. The molecule has 2 rings (SSSR count). The van der Waals surface area contributed by atoms with Crippen molar-refractivity contribution in [1.29, 1.82) is 0 Å². The zero-order valence-electron chi connectivity index (χ0n) is 7.77. The first-order valence-electron chi connectivity index (χ1n) is 4.58. The van der Waals surface area contributed by atoms with Gasteiger partial charge in [0.25, 0.3) is 0 Å². The first-order chi connectivity index (χ1) is 6.73. The van der Waals surface area contributed by atoms with E-state index in [0.717, 1.165) is 5.56 Å². The molecule has 3 heteroatoms. The van der Waals surface area contributed by atoms with E-state index >= 15 is 0 Å². The van der Waals surface area contributed by atoms with Gasteiger partial charge in [0, 0.05) is 0 Å². The summed E-state index contributed by atoms with van der Waals surface area (Å²) >= 11 is 0. The number of hydrogen-bond donors (Lipinski definition) is 1. The number of carbonyl (C=O) groups is 1. The first-order valence-corrected chi connectivity index (χ1v) is 4.58. The lowest BCUT2D eigenvalue weighted by Crippen LogP contribution is -2.48. The molecule has 0 aromatic heterocycles. The minimum absolute atomic E-state index is 0.150. The Balaban J connectivity index is 2.25. The predicted molar refractivity (Wildman–Crippen MR) is 51.2 cm³/mol. The van der Waals surface area contributed by atoms with E-state index in [1.807, 2.05) is 30.3 Å². The van der Waals surface area contributed by atoms with Crippen LogP contribution in [0.3, 0.4) is 0 Å². The lowest BCUT2D eigenvalue weighted by molar-refractivity contribution is -0.145. The molecule has 0 saturated carbocycles. The second-order valence-corrected chi connectivity index (χ2v) is 3.71. The monoisotopic (exact) mass is 192 g/mol.